The average Bonchev–Trinajstić information content (AvgIpc) is 2.26. The van der Waals surface area contributed by atoms with E-state index in [1.807, 2.05) is 0 Å². The Bertz CT molecular complexity index is 221. The summed E-state index contributed by atoms with van der Waals surface area (Å²) >= 11 is 0. The first kappa shape index (κ1) is 11.5. The summed E-state index contributed by atoms with van der Waals surface area (Å²) in [5, 5.41) is 18.9. The molecule has 1 aliphatic rings. The Balaban J connectivity index is 2.76. The summed E-state index contributed by atoms with van der Waals surface area (Å²) in [5.41, 5.74) is -0.784. The average molecular weight is 200 g/mol. The second kappa shape index (κ2) is 3.89. The van der Waals surface area contributed by atoms with E-state index in [2.05, 4.69) is 13.8 Å². The Labute approximate surface area is 85.1 Å². The quantitative estimate of drug-likeness (QED) is 0.731. The highest BCUT2D eigenvalue weighted by Gasteiger charge is 2.45. The van der Waals surface area contributed by atoms with Crippen LogP contribution in [0.2, 0.25) is 0 Å². The van der Waals surface area contributed by atoms with Gasteiger partial charge in [-0.15, -0.1) is 0 Å². The zero-order valence-corrected chi connectivity index (χ0v) is 9.16. The van der Waals surface area contributed by atoms with Gasteiger partial charge in [0.1, 0.15) is 0 Å². The molecule has 0 unspecified atom stereocenters. The van der Waals surface area contributed by atoms with Gasteiger partial charge < -0.3 is 10.2 Å². The molecule has 0 bridgehead atoms. The molecule has 0 amide bonds. The fourth-order valence-corrected chi connectivity index (χ4v) is 2.66. The Morgan fingerprint density at radius 1 is 1.57 bits per heavy atom. The topological polar surface area (TPSA) is 57.5 Å². The van der Waals surface area contributed by atoms with Crippen molar-refractivity contribution in [3.05, 3.63) is 0 Å². The molecule has 1 aliphatic carbocycles. The van der Waals surface area contributed by atoms with Crippen LogP contribution in [0.4, 0.5) is 0 Å². The third-order valence-electron chi connectivity index (χ3n) is 3.55. The van der Waals surface area contributed by atoms with Gasteiger partial charge in [-0.05, 0) is 31.6 Å². The molecule has 0 aromatic rings. The smallest absolute Gasteiger partial charge is 0.303 e. The highest BCUT2D eigenvalue weighted by Crippen LogP contribution is 2.45. The molecular weight excluding hydrogens is 180 g/mol. The van der Waals surface area contributed by atoms with Crippen LogP contribution in [0.25, 0.3) is 0 Å². The van der Waals surface area contributed by atoms with Gasteiger partial charge in [-0.25, -0.2) is 0 Å². The molecule has 14 heavy (non-hydrogen) atoms. The predicted octanol–water partition coefficient (Wildman–Crippen LogP) is 1.89. The number of carbonyl (C=O) groups is 1. The van der Waals surface area contributed by atoms with Gasteiger partial charge >= 0.3 is 5.97 Å². The van der Waals surface area contributed by atoms with Crippen LogP contribution in [0.5, 0.6) is 0 Å². The molecule has 0 saturated heterocycles. The maximum atomic E-state index is 10.7. The van der Waals surface area contributed by atoms with Crippen molar-refractivity contribution in [1.29, 1.82) is 0 Å². The van der Waals surface area contributed by atoms with Crippen LogP contribution in [0.3, 0.4) is 0 Å². The molecule has 0 aromatic carbocycles. The zero-order chi connectivity index (χ0) is 10.9. The summed E-state index contributed by atoms with van der Waals surface area (Å²) in [4.78, 5) is 10.7. The van der Waals surface area contributed by atoms with Crippen LogP contribution in [-0.4, -0.2) is 21.8 Å². The van der Waals surface area contributed by atoms with Gasteiger partial charge in [-0.1, -0.05) is 13.8 Å². The van der Waals surface area contributed by atoms with Crippen LogP contribution in [-0.2, 0) is 4.79 Å². The Morgan fingerprint density at radius 2 is 2.14 bits per heavy atom. The minimum Gasteiger partial charge on any atom is -0.481 e. The van der Waals surface area contributed by atoms with Crippen LogP contribution in [0, 0.1) is 17.8 Å². The van der Waals surface area contributed by atoms with E-state index in [1.165, 1.54) is 0 Å². The first-order chi connectivity index (χ1) is 6.34. The monoisotopic (exact) mass is 200 g/mol. The molecule has 1 rings (SSSR count). The van der Waals surface area contributed by atoms with Crippen LogP contribution < -0.4 is 0 Å². The first-order valence-electron chi connectivity index (χ1n) is 5.28. The Kier molecular flexibility index (Phi) is 3.20. The molecule has 3 nitrogen and oxygen atoms in total. The molecule has 3 atom stereocenters. The van der Waals surface area contributed by atoms with Gasteiger partial charge in [0.15, 0.2) is 0 Å². The fourth-order valence-electron chi connectivity index (χ4n) is 2.66. The fraction of sp³-hybridized carbons (Fsp3) is 0.909. The van der Waals surface area contributed by atoms with E-state index in [4.69, 9.17) is 5.11 Å². The summed E-state index contributed by atoms with van der Waals surface area (Å²) in [7, 11) is 0. The van der Waals surface area contributed by atoms with Gasteiger partial charge in [-0.2, -0.15) is 0 Å². The number of hydrogen-bond acceptors (Lipinski definition) is 2. The number of hydrogen-bond donors (Lipinski definition) is 2. The maximum Gasteiger partial charge on any atom is 0.303 e. The van der Waals surface area contributed by atoms with Gasteiger partial charge in [-0.3, -0.25) is 4.79 Å². The van der Waals surface area contributed by atoms with Gasteiger partial charge in [0, 0.05) is 5.92 Å². The van der Waals surface area contributed by atoms with Gasteiger partial charge in [0.25, 0.3) is 0 Å². The van der Waals surface area contributed by atoms with Crippen molar-refractivity contribution in [2.45, 2.75) is 45.6 Å². The molecule has 0 aliphatic heterocycles. The molecule has 0 aromatic heterocycles. The third-order valence-corrected chi connectivity index (χ3v) is 3.55. The van der Waals surface area contributed by atoms with Crippen LogP contribution in [0.1, 0.15) is 40.0 Å². The molecule has 3 heteroatoms. The lowest BCUT2D eigenvalue weighted by Crippen LogP contribution is -2.34. The number of aliphatic hydroxyl groups is 1. The maximum absolute atomic E-state index is 10.7. The predicted molar refractivity (Wildman–Crippen MR) is 53.9 cm³/mol. The van der Waals surface area contributed by atoms with E-state index in [0.29, 0.717) is 11.8 Å². The van der Waals surface area contributed by atoms with E-state index >= 15 is 0 Å². The van der Waals surface area contributed by atoms with Crippen molar-refractivity contribution >= 4 is 5.97 Å². The molecular formula is C11H20O3. The largest absolute Gasteiger partial charge is 0.481 e. The lowest BCUT2D eigenvalue weighted by Gasteiger charge is -2.30. The minimum absolute atomic E-state index is 0.0833. The summed E-state index contributed by atoms with van der Waals surface area (Å²) in [6.45, 7) is 5.96. The molecule has 1 saturated carbocycles. The van der Waals surface area contributed by atoms with Crippen molar-refractivity contribution in [2.75, 3.05) is 0 Å². The number of carboxylic acids is 1. The summed E-state index contributed by atoms with van der Waals surface area (Å²) in [6, 6.07) is 0. The summed E-state index contributed by atoms with van der Waals surface area (Å²) in [5.74, 6) is -0.0859. The summed E-state index contributed by atoms with van der Waals surface area (Å²) in [6.07, 6.45) is 1.77. The first-order valence-corrected chi connectivity index (χ1v) is 5.28. The molecule has 0 spiro atoms. The van der Waals surface area contributed by atoms with Crippen molar-refractivity contribution in [1.82, 2.24) is 0 Å². The highest BCUT2D eigenvalue weighted by molar-refractivity contribution is 5.67. The summed E-state index contributed by atoms with van der Waals surface area (Å²) < 4.78 is 0. The van der Waals surface area contributed by atoms with E-state index in [1.54, 1.807) is 6.92 Å². The Hall–Kier alpha value is -0.570. The third kappa shape index (κ3) is 2.27. The van der Waals surface area contributed by atoms with Gasteiger partial charge in [0.2, 0.25) is 0 Å². The van der Waals surface area contributed by atoms with E-state index < -0.39 is 11.6 Å². The van der Waals surface area contributed by atoms with Crippen molar-refractivity contribution < 1.29 is 15.0 Å². The van der Waals surface area contributed by atoms with E-state index in [0.717, 1.165) is 12.8 Å². The molecule has 0 radical (unpaired) electrons. The molecule has 82 valence electrons. The SMILES string of the molecule is CC(C)[C@@H]1CC[C@@](C)(O)[C@H]1CC(=O)O. The van der Waals surface area contributed by atoms with E-state index in [9.17, 15) is 9.90 Å². The van der Waals surface area contributed by atoms with Crippen molar-refractivity contribution in [3.63, 3.8) is 0 Å². The zero-order valence-electron chi connectivity index (χ0n) is 9.16. The second-order valence-electron chi connectivity index (χ2n) is 5.01. The number of carboxylic acid groups (broad SMARTS) is 1. The lowest BCUT2D eigenvalue weighted by atomic mass is 9.79. The van der Waals surface area contributed by atoms with Crippen LogP contribution in [0.15, 0.2) is 0 Å². The number of rotatable bonds is 3. The molecule has 2 N–H and O–H groups in total. The normalized spacial score (nSPS) is 37.8. The minimum atomic E-state index is -0.803. The van der Waals surface area contributed by atoms with Crippen LogP contribution >= 0.6 is 0 Å². The van der Waals surface area contributed by atoms with Crippen molar-refractivity contribution in [3.8, 4) is 0 Å². The Morgan fingerprint density at radius 3 is 2.57 bits per heavy atom. The standard InChI is InChI=1S/C11H20O3/c1-7(2)8-4-5-11(3,14)9(8)6-10(12)13/h7-9,14H,4-6H2,1-3H3,(H,12,13)/t8-,9-,11+/m0/s1. The van der Waals surface area contributed by atoms with Crippen molar-refractivity contribution in [2.24, 2.45) is 17.8 Å². The van der Waals surface area contributed by atoms with E-state index in [-0.39, 0.29) is 12.3 Å². The second-order valence-corrected chi connectivity index (χ2v) is 5.01. The highest BCUT2D eigenvalue weighted by atomic mass is 16.4. The molecule has 1 fully saturated rings. The molecule has 0 heterocycles. The van der Waals surface area contributed by atoms with Gasteiger partial charge in [0.05, 0.1) is 12.0 Å². The number of aliphatic carboxylic acids is 1. The lowest BCUT2D eigenvalue weighted by molar-refractivity contribution is -0.141.